The van der Waals surface area contributed by atoms with Gasteiger partial charge in [0.05, 0.1) is 18.8 Å². The minimum Gasteiger partial charge on any atom is -0.481 e. The molecular formula is C27H36N10O7. The average molecular weight is 613 g/mol. The first-order chi connectivity index (χ1) is 20.9. The van der Waals surface area contributed by atoms with Crippen LogP contribution in [0.2, 0.25) is 0 Å². The van der Waals surface area contributed by atoms with Crippen LogP contribution in [0.15, 0.2) is 48.0 Å². The molecule has 0 spiro atoms. The third-order valence-corrected chi connectivity index (χ3v) is 6.63. The highest BCUT2D eigenvalue weighted by Gasteiger charge is 2.32. The highest BCUT2D eigenvalue weighted by atomic mass is 16.4. The minimum absolute atomic E-state index is 0.0394. The lowest BCUT2D eigenvalue weighted by Crippen LogP contribution is -2.58. The number of carboxylic acids is 2. The van der Waals surface area contributed by atoms with E-state index < -0.39 is 60.2 Å². The summed E-state index contributed by atoms with van der Waals surface area (Å²) >= 11 is 0. The summed E-state index contributed by atoms with van der Waals surface area (Å²) in [5.41, 5.74) is 18.6. The van der Waals surface area contributed by atoms with Crippen LogP contribution in [0.3, 0.4) is 0 Å². The SMILES string of the molecule is NC(N)=NCCCC(NC(=O)C(CC(=O)O)NC(=O)C(Cc1c[nH]c2ccccc12)NC(=O)C(N)Cc1cnc[nH]1)C(=O)O. The smallest absolute Gasteiger partial charge is 0.326 e. The molecule has 4 unspecified atom stereocenters. The van der Waals surface area contributed by atoms with E-state index in [0.29, 0.717) is 11.3 Å². The Morgan fingerprint density at radius 1 is 0.909 bits per heavy atom. The number of rotatable bonds is 17. The van der Waals surface area contributed by atoms with Crippen molar-refractivity contribution in [3.05, 3.63) is 54.2 Å². The van der Waals surface area contributed by atoms with Gasteiger partial charge in [-0.25, -0.2) is 9.78 Å². The number of aliphatic imine (C=N–C) groups is 1. The Labute approximate surface area is 251 Å². The molecule has 3 amide bonds. The van der Waals surface area contributed by atoms with Crippen LogP contribution in [0.4, 0.5) is 0 Å². The summed E-state index contributed by atoms with van der Waals surface area (Å²) in [4.78, 5) is 76.6. The number of aromatic nitrogens is 3. The molecule has 4 atom stereocenters. The molecule has 0 saturated heterocycles. The van der Waals surface area contributed by atoms with Crippen molar-refractivity contribution in [2.45, 2.75) is 56.3 Å². The van der Waals surface area contributed by atoms with Gasteiger partial charge in [0.25, 0.3) is 0 Å². The summed E-state index contributed by atoms with van der Waals surface area (Å²) < 4.78 is 0. The lowest BCUT2D eigenvalue weighted by atomic mass is 10.0. The van der Waals surface area contributed by atoms with Crippen LogP contribution in [-0.4, -0.2) is 91.5 Å². The van der Waals surface area contributed by atoms with E-state index in [0.717, 1.165) is 10.9 Å². The molecule has 0 aliphatic heterocycles. The molecular weight excluding hydrogens is 576 g/mol. The largest absolute Gasteiger partial charge is 0.481 e. The first-order valence-electron chi connectivity index (χ1n) is 13.6. The van der Waals surface area contributed by atoms with Crippen molar-refractivity contribution in [3.63, 3.8) is 0 Å². The number of carbonyl (C=O) groups excluding carboxylic acids is 3. The molecule has 0 fully saturated rings. The Kier molecular flexibility index (Phi) is 11.8. The van der Waals surface area contributed by atoms with E-state index in [-0.39, 0.29) is 38.2 Å². The fraction of sp³-hybridized carbons (Fsp3) is 0.370. The van der Waals surface area contributed by atoms with Gasteiger partial charge >= 0.3 is 11.9 Å². The zero-order chi connectivity index (χ0) is 32.2. The van der Waals surface area contributed by atoms with Gasteiger partial charge in [-0.3, -0.25) is 24.2 Å². The second-order valence-electron chi connectivity index (χ2n) is 10.0. The molecule has 44 heavy (non-hydrogen) atoms. The Hall–Kier alpha value is -5.45. The monoisotopic (exact) mass is 612 g/mol. The first-order valence-corrected chi connectivity index (χ1v) is 13.6. The molecule has 0 radical (unpaired) electrons. The van der Waals surface area contributed by atoms with Gasteiger partial charge in [0.15, 0.2) is 5.96 Å². The fourth-order valence-electron chi connectivity index (χ4n) is 4.42. The number of amides is 3. The van der Waals surface area contributed by atoms with E-state index in [2.05, 4.69) is 35.9 Å². The first kappa shape index (κ1) is 33.1. The predicted octanol–water partition coefficient (Wildman–Crippen LogP) is -1.93. The molecule has 0 bridgehead atoms. The number of hydrogen-bond acceptors (Lipinski definition) is 8. The van der Waals surface area contributed by atoms with Crippen molar-refractivity contribution in [1.82, 2.24) is 30.9 Å². The molecule has 3 aromatic rings. The third kappa shape index (κ3) is 9.83. The molecule has 0 aliphatic carbocycles. The number of benzene rings is 1. The summed E-state index contributed by atoms with van der Waals surface area (Å²) in [7, 11) is 0. The maximum Gasteiger partial charge on any atom is 0.326 e. The van der Waals surface area contributed by atoms with Crippen LogP contribution < -0.4 is 33.2 Å². The topological polar surface area (TPSA) is 297 Å². The maximum absolute atomic E-state index is 13.6. The summed E-state index contributed by atoms with van der Waals surface area (Å²) in [5.74, 6) is -5.57. The number of aliphatic carboxylic acids is 2. The number of hydrogen-bond donors (Lipinski definition) is 10. The average Bonchev–Trinajstić information content (AvgIpc) is 3.63. The summed E-state index contributed by atoms with van der Waals surface area (Å²) in [6.45, 7) is 0.106. The molecule has 17 heteroatoms. The van der Waals surface area contributed by atoms with Crippen molar-refractivity contribution >= 4 is 46.5 Å². The molecule has 1 aromatic carbocycles. The lowest BCUT2D eigenvalue weighted by Gasteiger charge is -2.24. The predicted molar refractivity (Wildman–Crippen MR) is 158 cm³/mol. The van der Waals surface area contributed by atoms with Crippen molar-refractivity contribution in [1.29, 1.82) is 0 Å². The van der Waals surface area contributed by atoms with Crippen LogP contribution in [0.25, 0.3) is 10.9 Å². The number of nitrogens with zero attached hydrogens (tertiary/aromatic N) is 2. The number of para-hydroxylation sites is 1. The Morgan fingerprint density at radius 2 is 1.59 bits per heavy atom. The number of carbonyl (C=O) groups is 5. The van der Waals surface area contributed by atoms with Gasteiger partial charge in [-0.2, -0.15) is 0 Å². The zero-order valence-corrected chi connectivity index (χ0v) is 23.7. The highest BCUT2D eigenvalue weighted by molar-refractivity contribution is 5.96. The van der Waals surface area contributed by atoms with Crippen LogP contribution in [-0.2, 0) is 36.8 Å². The molecule has 2 aromatic heterocycles. The number of H-pyrrole nitrogens is 2. The van der Waals surface area contributed by atoms with Crippen molar-refractivity contribution in [3.8, 4) is 0 Å². The van der Waals surface area contributed by atoms with E-state index in [4.69, 9.17) is 17.2 Å². The van der Waals surface area contributed by atoms with Gasteiger partial charge in [0.1, 0.15) is 18.1 Å². The number of fused-ring (bicyclic) bond motifs is 1. The van der Waals surface area contributed by atoms with Gasteiger partial charge in [0, 0.05) is 48.4 Å². The summed E-state index contributed by atoms with van der Waals surface area (Å²) in [6, 6.07) is 1.85. The van der Waals surface area contributed by atoms with Gasteiger partial charge in [0.2, 0.25) is 17.7 Å². The van der Waals surface area contributed by atoms with Crippen molar-refractivity contribution in [2.24, 2.45) is 22.2 Å². The van der Waals surface area contributed by atoms with E-state index in [1.165, 1.54) is 12.5 Å². The number of imidazole rings is 1. The minimum atomic E-state index is -1.67. The number of aromatic amines is 2. The van der Waals surface area contributed by atoms with Crippen molar-refractivity contribution < 1.29 is 34.2 Å². The number of nitrogens with one attached hydrogen (secondary N) is 5. The van der Waals surface area contributed by atoms with E-state index >= 15 is 0 Å². The second-order valence-corrected chi connectivity index (χ2v) is 10.0. The summed E-state index contributed by atoms with van der Waals surface area (Å²) in [5, 5.41) is 27.0. The second kappa shape index (κ2) is 15.7. The number of guanidine groups is 1. The van der Waals surface area contributed by atoms with E-state index in [1.807, 2.05) is 18.2 Å². The Morgan fingerprint density at radius 3 is 2.25 bits per heavy atom. The highest BCUT2D eigenvalue weighted by Crippen LogP contribution is 2.19. The van der Waals surface area contributed by atoms with Gasteiger partial charge in [-0.15, -0.1) is 0 Å². The van der Waals surface area contributed by atoms with Gasteiger partial charge < -0.3 is 53.3 Å². The molecule has 0 saturated carbocycles. The van der Waals surface area contributed by atoms with Crippen LogP contribution >= 0.6 is 0 Å². The quantitative estimate of drug-likeness (QED) is 0.0455. The normalized spacial score (nSPS) is 13.7. The van der Waals surface area contributed by atoms with Crippen molar-refractivity contribution in [2.75, 3.05) is 6.54 Å². The molecule has 236 valence electrons. The Balaban J connectivity index is 1.79. The number of carboxylic acid groups (broad SMARTS) is 2. The Bertz CT molecular complexity index is 1480. The fourth-order valence-corrected chi connectivity index (χ4v) is 4.42. The summed E-state index contributed by atoms with van der Waals surface area (Å²) in [6.07, 6.45) is 3.93. The zero-order valence-electron chi connectivity index (χ0n) is 23.7. The lowest BCUT2D eigenvalue weighted by molar-refractivity contribution is -0.143. The molecule has 3 rings (SSSR count). The molecule has 0 aliphatic rings. The van der Waals surface area contributed by atoms with Gasteiger partial charge in [-0.05, 0) is 24.5 Å². The van der Waals surface area contributed by atoms with Crippen LogP contribution in [0.1, 0.15) is 30.5 Å². The standard InChI is InChI=1S/C27H36N10O7/c28-17(9-15-12-31-13-34-15)23(40)36-20(8-14-11-33-18-5-2-1-4-16(14)18)24(41)37-21(10-22(38)39)25(42)35-19(26(43)44)6-3-7-32-27(29)30/h1-2,4-5,11-13,17,19-21,33H,3,6-10,28H2,(H,31,34)(H,35,42)(H,36,40)(H,37,41)(H,38,39)(H,43,44)(H4,29,30,32). The van der Waals surface area contributed by atoms with E-state index in [9.17, 15) is 34.2 Å². The van der Waals surface area contributed by atoms with Gasteiger partial charge in [-0.1, -0.05) is 18.2 Å². The van der Waals surface area contributed by atoms with Crippen LogP contribution in [0, 0.1) is 0 Å². The molecule has 2 heterocycles. The third-order valence-electron chi connectivity index (χ3n) is 6.63. The maximum atomic E-state index is 13.6. The molecule has 13 N–H and O–H groups in total. The molecule has 17 nitrogen and oxygen atoms in total. The van der Waals surface area contributed by atoms with E-state index in [1.54, 1.807) is 12.3 Å². The number of nitrogens with two attached hydrogens (primary N) is 3. The van der Waals surface area contributed by atoms with Crippen LogP contribution in [0.5, 0.6) is 0 Å².